The molecular formula is C30H35Cl2N3O3. The fraction of sp³-hybridized carbons (Fsp3) is 0.467. The van der Waals surface area contributed by atoms with Gasteiger partial charge in [-0.2, -0.15) is 0 Å². The highest BCUT2D eigenvalue weighted by atomic mass is 35.5. The second kappa shape index (κ2) is 11.4. The van der Waals surface area contributed by atoms with Crippen LogP contribution in [0.1, 0.15) is 50.2 Å². The third kappa shape index (κ3) is 4.77. The van der Waals surface area contributed by atoms with E-state index in [1.54, 1.807) is 0 Å². The number of ether oxygens (including phenoxy) is 1. The van der Waals surface area contributed by atoms with Crippen LogP contribution in [0.4, 0.5) is 5.69 Å². The van der Waals surface area contributed by atoms with Gasteiger partial charge in [-0.15, -0.1) is 0 Å². The Hall–Kier alpha value is -2.38. The first-order valence-corrected chi connectivity index (χ1v) is 14.3. The Morgan fingerprint density at radius 1 is 1.11 bits per heavy atom. The Morgan fingerprint density at radius 2 is 1.87 bits per heavy atom. The average molecular weight is 557 g/mol. The molecule has 38 heavy (non-hydrogen) atoms. The van der Waals surface area contributed by atoms with Gasteiger partial charge in [0.2, 0.25) is 11.8 Å². The summed E-state index contributed by atoms with van der Waals surface area (Å²) in [4.78, 5) is 32.7. The number of anilines is 1. The number of benzene rings is 2. The van der Waals surface area contributed by atoms with Gasteiger partial charge in [0, 0.05) is 54.3 Å². The van der Waals surface area contributed by atoms with Gasteiger partial charge in [-0.1, -0.05) is 60.0 Å². The number of hydrogen-bond acceptors (Lipinski definition) is 4. The fourth-order valence-electron chi connectivity index (χ4n) is 6.67. The minimum atomic E-state index is -1.00. The van der Waals surface area contributed by atoms with Crippen molar-refractivity contribution in [2.24, 2.45) is 0 Å². The Bertz CT molecular complexity index is 1240. The molecule has 0 bridgehead atoms. The zero-order valence-corrected chi connectivity index (χ0v) is 23.5. The predicted octanol–water partition coefficient (Wildman–Crippen LogP) is 5.65. The third-order valence-electron chi connectivity index (χ3n) is 8.40. The van der Waals surface area contributed by atoms with E-state index in [1.807, 2.05) is 54.3 Å². The molecular weight excluding hydrogens is 521 g/mol. The molecule has 2 amide bonds. The highest BCUT2D eigenvalue weighted by Crippen LogP contribution is 2.57. The highest BCUT2D eigenvalue weighted by Gasteiger charge is 2.63. The number of allylic oxidation sites excluding steroid dienone is 1. The molecule has 0 radical (unpaired) electrons. The van der Waals surface area contributed by atoms with Crippen LogP contribution in [0.25, 0.3) is 0 Å². The number of nitrogens with one attached hydrogen (secondary N) is 1. The molecule has 2 saturated heterocycles. The summed E-state index contributed by atoms with van der Waals surface area (Å²) < 4.78 is 5.49. The molecule has 6 nitrogen and oxygen atoms in total. The molecule has 3 aliphatic rings. The first-order chi connectivity index (χ1) is 18.4. The summed E-state index contributed by atoms with van der Waals surface area (Å²) in [6, 6.07) is 12.8. The van der Waals surface area contributed by atoms with Crippen molar-refractivity contribution in [2.75, 3.05) is 44.7 Å². The number of piperidine rings is 1. The van der Waals surface area contributed by atoms with Crippen molar-refractivity contribution < 1.29 is 14.3 Å². The van der Waals surface area contributed by atoms with E-state index < -0.39 is 11.5 Å². The van der Waals surface area contributed by atoms with Crippen molar-refractivity contribution in [3.05, 3.63) is 75.3 Å². The molecule has 1 spiro atoms. The van der Waals surface area contributed by atoms with Gasteiger partial charge in [-0.05, 0) is 55.2 Å². The molecule has 2 aromatic rings. The van der Waals surface area contributed by atoms with Crippen LogP contribution >= 0.6 is 23.2 Å². The lowest BCUT2D eigenvalue weighted by atomic mass is 9.58. The van der Waals surface area contributed by atoms with Crippen LogP contribution in [0.3, 0.4) is 0 Å². The largest absolute Gasteiger partial charge is 0.379 e. The lowest BCUT2D eigenvalue weighted by Gasteiger charge is -2.52. The smallest absolute Gasteiger partial charge is 0.238 e. The van der Waals surface area contributed by atoms with Crippen LogP contribution in [-0.4, -0.2) is 67.0 Å². The van der Waals surface area contributed by atoms with Gasteiger partial charge in [-0.3, -0.25) is 14.5 Å². The van der Waals surface area contributed by atoms with E-state index in [2.05, 4.69) is 23.2 Å². The van der Waals surface area contributed by atoms with Gasteiger partial charge in [0.25, 0.3) is 0 Å². The lowest BCUT2D eigenvalue weighted by Crippen LogP contribution is -2.64. The van der Waals surface area contributed by atoms with Gasteiger partial charge < -0.3 is 15.0 Å². The second-order valence-electron chi connectivity index (χ2n) is 10.3. The monoisotopic (exact) mass is 555 g/mol. The molecule has 2 aromatic carbocycles. The van der Waals surface area contributed by atoms with Gasteiger partial charge in [0.15, 0.2) is 0 Å². The first kappa shape index (κ1) is 27.2. The Balaban J connectivity index is 1.63. The maximum atomic E-state index is 14.3. The highest BCUT2D eigenvalue weighted by molar-refractivity contribution is 6.31. The van der Waals surface area contributed by atoms with Crippen LogP contribution in [0.5, 0.6) is 0 Å². The van der Waals surface area contributed by atoms with E-state index in [0.717, 1.165) is 62.4 Å². The van der Waals surface area contributed by atoms with Crippen LogP contribution < -0.4 is 5.32 Å². The minimum Gasteiger partial charge on any atom is -0.379 e. The summed E-state index contributed by atoms with van der Waals surface area (Å²) in [5, 5.41) is 4.30. The number of amides is 2. The van der Waals surface area contributed by atoms with E-state index in [1.165, 1.54) is 0 Å². The average Bonchev–Trinajstić information content (AvgIpc) is 3.19. The van der Waals surface area contributed by atoms with Crippen molar-refractivity contribution in [2.45, 2.75) is 50.5 Å². The van der Waals surface area contributed by atoms with Gasteiger partial charge in [0.05, 0.1) is 19.3 Å². The number of hydrogen-bond donors (Lipinski definition) is 1. The number of morpholine rings is 1. The first-order valence-electron chi connectivity index (χ1n) is 13.5. The summed E-state index contributed by atoms with van der Waals surface area (Å²) in [6.45, 7) is 8.87. The van der Waals surface area contributed by atoms with Crippen molar-refractivity contribution >= 4 is 40.7 Å². The Labute approximate surface area is 234 Å². The second-order valence-corrected chi connectivity index (χ2v) is 11.2. The maximum absolute atomic E-state index is 14.3. The van der Waals surface area contributed by atoms with Crippen LogP contribution in [-0.2, 0) is 19.7 Å². The van der Waals surface area contributed by atoms with Crippen LogP contribution in [0, 0.1) is 0 Å². The van der Waals surface area contributed by atoms with Crippen molar-refractivity contribution in [1.82, 2.24) is 9.80 Å². The molecule has 3 atom stereocenters. The van der Waals surface area contributed by atoms with Crippen LogP contribution in [0.2, 0.25) is 10.0 Å². The SMILES string of the molecule is C/C=C(\CC)[C@H]1N(CCCN2CCOCC2)C(=O)C[C@@H](c2cccc(Cl)c2)[C@]12C(=O)Nc1cc(Cl)ccc12. The Kier molecular flexibility index (Phi) is 8.15. The maximum Gasteiger partial charge on any atom is 0.238 e. The summed E-state index contributed by atoms with van der Waals surface area (Å²) in [5.74, 6) is -0.406. The van der Waals surface area contributed by atoms with Crippen LogP contribution in [0.15, 0.2) is 54.1 Å². The molecule has 1 N–H and O–H groups in total. The number of halogens is 2. The third-order valence-corrected chi connectivity index (χ3v) is 8.87. The van der Waals surface area contributed by atoms with Gasteiger partial charge >= 0.3 is 0 Å². The molecule has 0 saturated carbocycles. The number of rotatable bonds is 7. The summed E-state index contributed by atoms with van der Waals surface area (Å²) in [5.41, 5.74) is 2.58. The summed E-state index contributed by atoms with van der Waals surface area (Å²) >= 11 is 12.8. The van der Waals surface area contributed by atoms with Crippen molar-refractivity contribution in [3.63, 3.8) is 0 Å². The van der Waals surface area contributed by atoms with Crippen molar-refractivity contribution in [3.8, 4) is 0 Å². The lowest BCUT2D eigenvalue weighted by molar-refractivity contribution is -0.143. The Morgan fingerprint density at radius 3 is 2.58 bits per heavy atom. The van der Waals surface area contributed by atoms with E-state index in [0.29, 0.717) is 22.3 Å². The van der Waals surface area contributed by atoms with E-state index in [4.69, 9.17) is 27.9 Å². The van der Waals surface area contributed by atoms with E-state index >= 15 is 0 Å². The molecule has 0 aromatic heterocycles. The molecule has 2 fully saturated rings. The van der Waals surface area contributed by atoms with E-state index in [-0.39, 0.29) is 24.2 Å². The molecule has 0 unspecified atom stereocenters. The number of carbonyl (C=O) groups excluding carboxylic acids is 2. The predicted molar refractivity (Wildman–Crippen MR) is 152 cm³/mol. The van der Waals surface area contributed by atoms with Gasteiger partial charge in [-0.25, -0.2) is 0 Å². The standard InChI is InChI=1S/C30H35Cl2N3O3/c1-3-20(4-2)28-30(24-10-9-23(32)18-26(24)33-29(30)37)25(21-7-5-8-22(31)17-21)19-27(36)35(28)12-6-11-34-13-15-38-16-14-34/h3,5,7-10,17-18,25,28H,4,6,11-16,19H2,1-2H3,(H,33,37)/b20-3+/t25-,28+,30-/m0/s1. The minimum absolute atomic E-state index is 0.0654. The van der Waals surface area contributed by atoms with E-state index in [9.17, 15) is 9.59 Å². The quantitative estimate of drug-likeness (QED) is 0.448. The molecule has 5 rings (SSSR count). The van der Waals surface area contributed by atoms with Crippen molar-refractivity contribution in [1.29, 1.82) is 0 Å². The zero-order chi connectivity index (χ0) is 26.9. The van der Waals surface area contributed by atoms with Gasteiger partial charge in [0.1, 0.15) is 5.41 Å². The molecule has 3 aliphatic heterocycles. The molecule has 0 aliphatic carbocycles. The molecule has 3 heterocycles. The number of carbonyl (C=O) groups is 2. The molecule has 8 heteroatoms. The normalized spacial score (nSPS) is 26.1. The number of fused-ring (bicyclic) bond motifs is 2. The summed E-state index contributed by atoms with van der Waals surface area (Å²) in [6.07, 6.45) is 3.87. The topological polar surface area (TPSA) is 61.9 Å². The molecule has 202 valence electrons. The zero-order valence-electron chi connectivity index (χ0n) is 22.0. The summed E-state index contributed by atoms with van der Waals surface area (Å²) in [7, 11) is 0. The fourth-order valence-corrected chi connectivity index (χ4v) is 7.05. The number of likely N-dealkylation sites (tertiary alicyclic amines) is 1. The number of nitrogens with zero attached hydrogens (tertiary/aromatic N) is 2.